The van der Waals surface area contributed by atoms with E-state index in [4.69, 9.17) is 18.9 Å². The van der Waals surface area contributed by atoms with Crippen molar-refractivity contribution in [1.82, 2.24) is 10.6 Å². The first-order chi connectivity index (χ1) is 17.4. The minimum absolute atomic E-state index is 0. The van der Waals surface area contributed by atoms with Crippen LogP contribution in [0.2, 0.25) is 0 Å². The molecule has 37 heavy (non-hydrogen) atoms. The van der Waals surface area contributed by atoms with E-state index in [1.165, 1.54) is 45.4 Å². The largest absolute Gasteiger partial charge is 1.00 e. The van der Waals surface area contributed by atoms with Gasteiger partial charge in [0.2, 0.25) is 11.8 Å². The Bertz CT molecular complexity index is 569. The van der Waals surface area contributed by atoms with Crippen molar-refractivity contribution in [3.8, 4) is 0 Å². The first kappa shape index (κ1) is 38.4. The second kappa shape index (κ2) is 28.3. The molecule has 0 aromatic carbocycles. The van der Waals surface area contributed by atoms with Gasteiger partial charge < -0.3 is 39.5 Å². The maximum absolute atomic E-state index is 12.1. The molecule has 212 valence electrons. The summed E-state index contributed by atoms with van der Waals surface area (Å²) >= 11 is 0. The molecule has 0 radical (unpaired) electrons. The second-order valence-corrected chi connectivity index (χ2v) is 8.91. The summed E-state index contributed by atoms with van der Waals surface area (Å²) in [6.45, 7) is 9.13. The number of aliphatic carboxylic acids is 1. The number of ether oxygens (including phenoxy) is 4. The number of rotatable bonds is 26. The smallest absolute Gasteiger partial charge is 0.548 e. The number of hydrogen-bond acceptors (Lipinski definition) is 8. The first-order valence-electron chi connectivity index (χ1n) is 13.5. The van der Waals surface area contributed by atoms with Crippen LogP contribution >= 0.6 is 0 Å². The minimum Gasteiger partial charge on any atom is -0.548 e. The summed E-state index contributed by atoms with van der Waals surface area (Å²) in [6.07, 6.45) is 9.81. The number of hydrogen-bond donors (Lipinski definition) is 2. The van der Waals surface area contributed by atoms with Gasteiger partial charge in [0.1, 0.15) is 0 Å². The fourth-order valence-electron chi connectivity index (χ4n) is 3.26. The molecular weight excluding hydrogens is 491 g/mol. The summed E-state index contributed by atoms with van der Waals surface area (Å²) in [4.78, 5) is 34.1. The van der Waals surface area contributed by atoms with Crippen molar-refractivity contribution >= 4 is 17.8 Å². The van der Waals surface area contributed by atoms with Gasteiger partial charge in [0, 0.05) is 18.9 Å². The van der Waals surface area contributed by atoms with Gasteiger partial charge in [0.25, 0.3) is 0 Å². The molecule has 2 N–H and O–H groups in total. The first-order valence-corrected chi connectivity index (χ1v) is 13.5. The SMILES string of the molecule is CCCCCCCCCC(C)C(=O)NCCOCCOCCOCCOCCC(=O)N[C@@H](C)C(=O)[O-].[Na+]. The van der Waals surface area contributed by atoms with Gasteiger partial charge in [-0.1, -0.05) is 58.8 Å². The number of carbonyl (C=O) groups is 3. The Kier molecular flexibility index (Phi) is 29.3. The van der Waals surface area contributed by atoms with Crippen molar-refractivity contribution in [2.24, 2.45) is 5.92 Å². The second-order valence-electron chi connectivity index (χ2n) is 8.91. The van der Waals surface area contributed by atoms with Crippen LogP contribution in [0.15, 0.2) is 0 Å². The molecule has 0 aliphatic rings. The Labute approximate surface area is 245 Å². The molecule has 0 spiro atoms. The van der Waals surface area contributed by atoms with E-state index in [9.17, 15) is 19.5 Å². The van der Waals surface area contributed by atoms with Crippen LogP contribution in [-0.2, 0) is 33.3 Å². The quantitative estimate of drug-likeness (QED) is 0.101. The Balaban J connectivity index is 0. The average molecular weight is 541 g/mol. The van der Waals surface area contributed by atoms with Crippen molar-refractivity contribution in [1.29, 1.82) is 0 Å². The van der Waals surface area contributed by atoms with Gasteiger partial charge in [-0.05, 0) is 13.3 Å². The fourth-order valence-corrected chi connectivity index (χ4v) is 3.26. The molecular formula is C26H49N2NaO8. The topological polar surface area (TPSA) is 135 Å². The van der Waals surface area contributed by atoms with Gasteiger partial charge in [-0.15, -0.1) is 0 Å². The van der Waals surface area contributed by atoms with Crippen LogP contribution in [0.5, 0.6) is 0 Å². The average Bonchev–Trinajstić information content (AvgIpc) is 2.85. The Morgan fingerprint density at radius 2 is 1.22 bits per heavy atom. The van der Waals surface area contributed by atoms with Gasteiger partial charge >= 0.3 is 29.6 Å². The van der Waals surface area contributed by atoms with Crippen molar-refractivity contribution in [2.75, 3.05) is 59.4 Å². The zero-order valence-electron chi connectivity index (χ0n) is 23.6. The molecule has 2 atom stereocenters. The number of carboxylic acids is 1. The number of nitrogens with one attached hydrogen (secondary N) is 2. The van der Waals surface area contributed by atoms with Gasteiger partial charge in [-0.25, -0.2) is 0 Å². The zero-order valence-corrected chi connectivity index (χ0v) is 25.6. The van der Waals surface area contributed by atoms with Crippen molar-refractivity contribution < 1.29 is 68.0 Å². The van der Waals surface area contributed by atoms with E-state index < -0.39 is 17.9 Å². The minimum atomic E-state index is -1.32. The van der Waals surface area contributed by atoms with Crippen molar-refractivity contribution in [3.63, 3.8) is 0 Å². The number of amides is 2. The molecule has 2 amide bonds. The van der Waals surface area contributed by atoms with Gasteiger partial charge in [-0.3, -0.25) is 9.59 Å². The molecule has 0 aliphatic carbocycles. The third-order valence-corrected chi connectivity index (χ3v) is 5.55. The van der Waals surface area contributed by atoms with Crippen molar-refractivity contribution in [2.45, 2.75) is 84.6 Å². The van der Waals surface area contributed by atoms with E-state index >= 15 is 0 Å². The van der Waals surface area contributed by atoms with E-state index in [1.54, 1.807) is 0 Å². The van der Waals surface area contributed by atoms with Crippen LogP contribution in [0.4, 0.5) is 0 Å². The van der Waals surface area contributed by atoms with E-state index in [0.717, 1.165) is 12.8 Å². The van der Waals surface area contributed by atoms with Crippen LogP contribution in [0.25, 0.3) is 0 Å². The van der Waals surface area contributed by atoms with Crippen molar-refractivity contribution in [3.05, 3.63) is 0 Å². The summed E-state index contributed by atoms with van der Waals surface area (Å²) in [5.74, 6) is -1.59. The van der Waals surface area contributed by atoms with Crippen LogP contribution in [0, 0.1) is 5.92 Å². The molecule has 0 aliphatic heterocycles. The van der Waals surface area contributed by atoms with Crippen LogP contribution < -0.4 is 45.3 Å². The standard InChI is InChI=1S/C26H50N2O8.Na/c1-4-5-6-7-8-9-10-11-22(2)25(30)27-13-15-34-17-19-36-21-20-35-18-16-33-14-12-24(29)28-23(3)26(31)32;/h22-23H,4-21H2,1-3H3,(H,27,30)(H,28,29)(H,31,32);/q;+1/p-1/t22?,23-;/m0./s1. The predicted octanol–water partition coefficient (Wildman–Crippen LogP) is -1.41. The Hall–Kier alpha value is -0.750. The number of carboxylic acid groups (broad SMARTS) is 1. The summed E-state index contributed by atoms with van der Waals surface area (Å²) in [5, 5.41) is 15.8. The number of carbonyl (C=O) groups excluding carboxylic acids is 3. The monoisotopic (exact) mass is 540 g/mol. The Morgan fingerprint density at radius 1 is 0.730 bits per heavy atom. The fraction of sp³-hybridized carbons (Fsp3) is 0.885. The molecule has 1 unspecified atom stereocenters. The van der Waals surface area contributed by atoms with Crippen LogP contribution in [-0.4, -0.2) is 83.2 Å². The zero-order chi connectivity index (χ0) is 26.9. The Morgan fingerprint density at radius 3 is 1.76 bits per heavy atom. The van der Waals surface area contributed by atoms with Gasteiger partial charge in [0.05, 0.1) is 64.9 Å². The van der Waals surface area contributed by atoms with Gasteiger partial charge in [-0.2, -0.15) is 0 Å². The van der Waals surface area contributed by atoms with E-state index in [1.807, 2.05) is 6.92 Å². The third-order valence-electron chi connectivity index (χ3n) is 5.55. The molecule has 0 rings (SSSR count). The molecule has 10 nitrogen and oxygen atoms in total. The molecule has 0 saturated carbocycles. The van der Waals surface area contributed by atoms with Crippen LogP contribution in [0.1, 0.15) is 78.6 Å². The maximum Gasteiger partial charge on any atom is 1.00 e. The van der Waals surface area contributed by atoms with E-state index in [0.29, 0.717) is 52.8 Å². The molecule has 11 heteroatoms. The van der Waals surface area contributed by atoms with Gasteiger partial charge in [0.15, 0.2) is 0 Å². The normalized spacial score (nSPS) is 12.4. The molecule has 0 fully saturated rings. The molecule has 0 saturated heterocycles. The molecule has 0 aromatic heterocycles. The third kappa shape index (κ3) is 26.6. The molecule has 0 heterocycles. The predicted molar refractivity (Wildman–Crippen MR) is 135 cm³/mol. The summed E-state index contributed by atoms with van der Waals surface area (Å²) in [7, 11) is 0. The van der Waals surface area contributed by atoms with Crippen LogP contribution in [0.3, 0.4) is 0 Å². The van der Waals surface area contributed by atoms with E-state index in [-0.39, 0.29) is 54.4 Å². The maximum atomic E-state index is 12.1. The molecule has 0 aromatic rings. The van der Waals surface area contributed by atoms with E-state index in [2.05, 4.69) is 17.6 Å². The summed E-state index contributed by atoms with van der Waals surface area (Å²) in [6, 6.07) is -1.02. The molecule has 0 bridgehead atoms. The summed E-state index contributed by atoms with van der Waals surface area (Å²) in [5.41, 5.74) is 0. The number of unbranched alkanes of at least 4 members (excludes halogenated alkanes) is 6. The summed E-state index contributed by atoms with van der Waals surface area (Å²) < 4.78 is 21.5.